The van der Waals surface area contributed by atoms with Crippen LogP contribution < -0.4 is 16.0 Å². The summed E-state index contributed by atoms with van der Waals surface area (Å²) in [6.45, 7) is 0.283. The highest BCUT2D eigenvalue weighted by atomic mass is 32.1. The molecule has 5 nitrogen and oxygen atoms in total. The molecular weight excluding hydrogens is 231 g/mol. The molecule has 0 unspecified atom stereocenters. The number of hydrazine groups is 1. The Morgan fingerprint density at radius 2 is 2.06 bits per heavy atom. The SMILES string of the molecule is NNc1nnc(COc2ccc(F)cc2)s1. The summed E-state index contributed by atoms with van der Waals surface area (Å²) in [6, 6.07) is 5.78. The summed E-state index contributed by atoms with van der Waals surface area (Å²) in [5.41, 5.74) is 2.39. The van der Waals surface area contributed by atoms with Gasteiger partial charge in [-0.1, -0.05) is 11.3 Å². The highest BCUT2D eigenvalue weighted by Gasteiger charge is 2.03. The lowest BCUT2D eigenvalue weighted by Gasteiger charge is -2.02. The number of nitrogens with two attached hydrogens (primary N) is 1. The number of aromatic nitrogens is 2. The van der Waals surface area contributed by atoms with Crippen molar-refractivity contribution >= 4 is 16.5 Å². The van der Waals surface area contributed by atoms with E-state index in [0.29, 0.717) is 15.9 Å². The topological polar surface area (TPSA) is 73.1 Å². The maximum atomic E-state index is 12.6. The van der Waals surface area contributed by atoms with Gasteiger partial charge in [-0.05, 0) is 24.3 Å². The van der Waals surface area contributed by atoms with E-state index in [1.807, 2.05) is 0 Å². The Kier molecular flexibility index (Phi) is 3.28. The molecule has 0 spiro atoms. The van der Waals surface area contributed by atoms with Gasteiger partial charge >= 0.3 is 0 Å². The molecule has 16 heavy (non-hydrogen) atoms. The first kappa shape index (κ1) is 10.8. The third kappa shape index (κ3) is 2.65. The number of rotatable bonds is 4. The molecular formula is C9H9FN4OS. The van der Waals surface area contributed by atoms with Crippen LogP contribution in [0.2, 0.25) is 0 Å². The molecule has 84 valence electrons. The van der Waals surface area contributed by atoms with Crippen LogP contribution in [0.4, 0.5) is 9.52 Å². The zero-order chi connectivity index (χ0) is 11.4. The summed E-state index contributed by atoms with van der Waals surface area (Å²) in [5.74, 6) is 5.45. The van der Waals surface area contributed by atoms with E-state index in [0.717, 1.165) is 0 Å². The van der Waals surface area contributed by atoms with Gasteiger partial charge in [-0.15, -0.1) is 10.2 Å². The smallest absolute Gasteiger partial charge is 0.219 e. The maximum Gasteiger partial charge on any atom is 0.219 e. The van der Waals surface area contributed by atoms with E-state index >= 15 is 0 Å². The first-order valence-corrected chi connectivity index (χ1v) is 5.27. The first-order chi connectivity index (χ1) is 7.78. The largest absolute Gasteiger partial charge is 0.486 e. The fourth-order valence-electron chi connectivity index (χ4n) is 1.05. The summed E-state index contributed by atoms with van der Waals surface area (Å²) in [5, 5.41) is 8.82. The molecule has 0 aliphatic rings. The van der Waals surface area contributed by atoms with Crippen molar-refractivity contribution in [2.24, 2.45) is 5.84 Å². The van der Waals surface area contributed by atoms with Gasteiger partial charge in [0.1, 0.15) is 18.2 Å². The van der Waals surface area contributed by atoms with Gasteiger partial charge in [-0.25, -0.2) is 10.2 Å². The van der Waals surface area contributed by atoms with Gasteiger partial charge in [0, 0.05) is 0 Å². The van der Waals surface area contributed by atoms with Crippen LogP contribution >= 0.6 is 11.3 Å². The average molecular weight is 240 g/mol. The zero-order valence-corrected chi connectivity index (χ0v) is 9.00. The van der Waals surface area contributed by atoms with Crippen LogP contribution in [0, 0.1) is 5.82 Å². The highest BCUT2D eigenvalue weighted by molar-refractivity contribution is 7.15. The quantitative estimate of drug-likeness (QED) is 0.626. The predicted octanol–water partition coefficient (Wildman–Crippen LogP) is 1.54. The Hall–Kier alpha value is -1.73. The monoisotopic (exact) mass is 240 g/mol. The van der Waals surface area contributed by atoms with Crippen LogP contribution in [0.5, 0.6) is 5.75 Å². The maximum absolute atomic E-state index is 12.6. The third-order valence-electron chi connectivity index (χ3n) is 1.77. The summed E-state index contributed by atoms with van der Waals surface area (Å²) in [7, 11) is 0. The molecule has 0 saturated carbocycles. The normalized spacial score (nSPS) is 10.1. The van der Waals surface area contributed by atoms with Crippen LogP contribution in [0.15, 0.2) is 24.3 Å². The van der Waals surface area contributed by atoms with Gasteiger partial charge in [-0.3, -0.25) is 5.43 Å². The second kappa shape index (κ2) is 4.86. The van der Waals surface area contributed by atoms with Gasteiger partial charge in [0.25, 0.3) is 0 Å². The van der Waals surface area contributed by atoms with E-state index in [9.17, 15) is 4.39 Å². The van der Waals surface area contributed by atoms with Crippen molar-refractivity contribution in [2.75, 3.05) is 5.43 Å². The lowest BCUT2D eigenvalue weighted by Crippen LogP contribution is -2.05. The van der Waals surface area contributed by atoms with Crippen LogP contribution in [-0.2, 0) is 6.61 Å². The van der Waals surface area contributed by atoms with Gasteiger partial charge in [0.2, 0.25) is 5.13 Å². The van der Waals surface area contributed by atoms with Crippen LogP contribution in [-0.4, -0.2) is 10.2 Å². The number of nitrogen functional groups attached to an aromatic ring is 1. The molecule has 0 aliphatic heterocycles. The molecule has 2 aromatic rings. The number of anilines is 1. The molecule has 0 radical (unpaired) electrons. The van der Waals surface area contributed by atoms with Gasteiger partial charge < -0.3 is 4.74 Å². The Balaban J connectivity index is 1.94. The number of nitrogens with zero attached hydrogens (tertiary/aromatic N) is 2. The number of benzene rings is 1. The molecule has 1 aromatic heterocycles. The lowest BCUT2D eigenvalue weighted by molar-refractivity contribution is 0.304. The molecule has 2 rings (SSSR count). The Bertz CT molecular complexity index is 459. The van der Waals surface area contributed by atoms with Crippen molar-refractivity contribution in [3.05, 3.63) is 35.1 Å². The Morgan fingerprint density at radius 1 is 1.31 bits per heavy atom. The average Bonchev–Trinajstić information content (AvgIpc) is 2.76. The molecule has 0 fully saturated rings. The first-order valence-electron chi connectivity index (χ1n) is 4.45. The van der Waals surface area contributed by atoms with E-state index in [4.69, 9.17) is 10.6 Å². The second-order valence-electron chi connectivity index (χ2n) is 2.89. The number of hydrogen-bond acceptors (Lipinski definition) is 6. The van der Waals surface area contributed by atoms with Crippen molar-refractivity contribution in [2.45, 2.75) is 6.61 Å². The summed E-state index contributed by atoms with van der Waals surface area (Å²) in [4.78, 5) is 0. The number of ether oxygens (including phenoxy) is 1. The fourth-order valence-corrected chi connectivity index (χ4v) is 1.61. The van der Waals surface area contributed by atoms with Crippen LogP contribution in [0.25, 0.3) is 0 Å². The third-order valence-corrected chi connectivity index (χ3v) is 2.59. The molecule has 0 bridgehead atoms. The van der Waals surface area contributed by atoms with Crippen molar-refractivity contribution in [3.63, 3.8) is 0 Å². The summed E-state index contributed by atoms with van der Waals surface area (Å²) < 4.78 is 18.0. The van der Waals surface area contributed by atoms with Crippen molar-refractivity contribution in [3.8, 4) is 5.75 Å². The van der Waals surface area contributed by atoms with E-state index in [1.165, 1.54) is 23.5 Å². The van der Waals surface area contributed by atoms with Crippen molar-refractivity contribution < 1.29 is 9.13 Å². The van der Waals surface area contributed by atoms with Crippen molar-refractivity contribution in [1.82, 2.24) is 10.2 Å². The zero-order valence-electron chi connectivity index (χ0n) is 8.18. The van der Waals surface area contributed by atoms with E-state index in [-0.39, 0.29) is 12.4 Å². The number of hydrogen-bond donors (Lipinski definition) is 2. The molecule has 1 aromatic carbocycles. The fraction of sp³-hybridized carbons (Fsp3) is 0.111. The minimum atomic E-state index is -0.294. The van der Waals surface area contributed by atoms with Crippen molar-refractivity contribution in [1.29, 1.82) is 0 Å². The minimum Gasteiger partial charge on any atom is -0.486 e. The molecule has 0 aliphatic carbocycles. The molecule has 3 N–H and O–H groups in total. The lowest BCUT2D eigenvalue weighted by atomic mass is 10.3. The Labute approximate surface area is 95.0 Å². The van der Waals surface area contributed by atoms with E-state index in [1.54, 1.807) is 12.1 Å². The number of nitrogens with one attached hydrogen (secondary N) is 1. The molecule has 0 amide bonds. The minimum absolute atomic E-state index is 0.283. The second-order valence-corrected chi connectivity index (χ2v) is 3.95. The van der Waals surface area contributed by atoms with E-state index < -0.39 is 0 Å². The van der Waals surface area contributed by atoms with E-state index in [2.05, 4.69) is 15.6 Å². The molecule has 1 heterocycles. The summed E-state index contributed by atoms with van der Waals surface area (Å²) >= 11 is 1.30. The van der Waals surface area contributed by atoms with Gasteiger partial charge in [0.05, 0.1) is 0 Å². The Morgan fingerprint density at radius 3 is 2.69 bits per heavy atom. The number of halogens is 1. The molecule has 7 heteroatoms. The highest BCUT2D eigenvalue weighted by Crippen LogP contribution is 2.17. The standard InChI is InChI=1S/C9H9FN4OS/c10-6-1-3-7(4-2-6)15-5-8-13-14-9(12-11)16-8/h1-4H,5,11H2,(H,12,14). The van der Waals surface area contributed by atoms with Crippen LogP contribution in [0.1, 0.15) is 5.01 Å². The van der Waals surface area contributed by atoms with Crippen LogP contribution in [0.3, 0.4) is 0 Å². The predicted molar refractivity (Wildman–Crippen MR) is 58.5 cm³/mol. The molecule has 0 saturated heterocycles. The van der Waals surface area contributed by atoms with Gasteiger partial charge in [0.15, 0.2) is 5.01 Å². The van der Waals surface area contributed by atoms with Gasteiger partial charge in [-0.2, -0.15) is 0 Å². The summed E-state index contributed by atoms with van der Waals surface area (Å²) in [6.07, 6.45) is 0. The molecule has 0 atom stereocenters.